The van der Waals surface area contributed by atoms with E-state index in [-0.39, 0.29) is 0 Å². The van der Waals surface area contributed by atoms with Gasteiger partial charge in [0.1, 0.15) is 6.61 Å². The van der Waals surface area contributed by atoms with E-state index in [1.54, 1.807) is 0 Å². The minimum absolute atomic E-state index is 0.401. The van der Waals surface area contributed by atoms with Gasteiger partial charge >= 0.3 is 0 Å². The molecule has 2 nitrogen and oxygen atoms in total. The van der Waals surface area contributed by atoms with Gasteiger partial charge in [0, 0.05) is 9.64 Å². The minimum Gasteiger partial charge on any atom is -0.473 e. The summed E-state index contributed by atoms with van der Waals surface area (Å²) in [6.07, 6.45) is 0. The van der Waals surface area contributed by atoms with Gasteiger partial charge in [0.05, 0.1) is 11.6 Å². The molecule has 0 spiro atoms. The molecular weight excluding hydrogens is 349 g/mol. The molecule has 4 heteroatoms. The second-order valence-electron chi connectivity index (χ2n) is 3.52. The fraction of sp³-hybridized carbons (Fsp3) is 0.154. The highest BCUT2D eigenvalue weighted by molar-refractivity contribution is 14.1. The lowest BCUT2D eigenvalue weighted by molar-refractivity contribution is 0.293. The van der Waals surface area contributed by atoms with Crippen molar-refractivity contribution >= 4 is 34.2 Å². The number of halogens is 2. The zero-order chi connectivity index (χ0) is 12.1. The van der Waals surface area contributed by atoms with Crippen molar-refractivity contribution in [1.29, 1.82) is 0 Å². The Morgan fingerprint density at radius 2 is 1.94 bits per heavy atom. The van der Waals surface area contributed by atoms with Crippen molar-refractivity contribution in [3.05, 3.63) is 57.3 Å². The number of rotatable bonds is 4. The Bertz CT molecular complexity index is 490. The van der Waals surface area contributed by atoms with E-state index in [4.69, 9.17) is 16.3 Å². The number of alkyl halides is 1. The van der Waals surface area contributed by atoms with Crippen LogP contribution < -0.4 is 4.74 Å². The van der Waals surface area contributed by atoms with E-state index in [1.807, 2.05) is 42.5 Å². The quantitative estimate of drug-likeness (QED) is 0.608. The topological polar surface area (TPSA) is 22.1 Å². The Morgan fingerprint density at radius 3 is 2.65 bits per heavy atom. The molecule has 2 aromatic rings. The molecule has 0 radical (unpaired) electrons. The summed E-state index contributed by atoms with van der Waals surface area (Å²) in [4.78, 5) is 4.31. The zero-order valence-corrected chi connectivity index (χ0v) is 12.0. The van der Waals surface area contributed by atoms with Crippen molar-refractivity contribution in [2.45, 2.75) is 12.5 Å². The van der Waals surface area contributed by atoms with E-state index in [0.29, 0.717) is 18.4 Å². The van der Waals surface area contributed by atoms with Crippen LogP contribution in [0.3, 0.4) is 0 Å². The van der Waals surface area contributed by atoms with E-state index < -0.39 is 0 Å². The number of aromatic nitrogens is 1. The predicted molar refractivity (Wildman–Crippen MR) is 77.3 cm³/mol. The van der Waals surface area contributed by atoms with Gasteiger partial charge in [-0.2, -0.15) is 0 Å². The standard InChI is InChI=1S/C13H11ClINO/c14-8-12-6-11(15)7-13(16-12)17-9-10-4-2-1-3-5-10/h1-7H,8-9H2. The number of pyridine rings is 1. The Kier molecular flexibility index (Phi) is 4.62. The average molecular weight is 360 g/mol. The number of ether oxygens (including phenoxy) is 1. The molecule has 0 aliphatic carbocycles. The van der Waals surface area contributed by atoms with Crippen LogP contribution in [0.5, 0.6) is 5.88 Å². The molecular formula is C13H11ClINO. The van der Waals surface area contributed by atoms with Gasteiger partial charge in [-0.15, -0.1) is 11.6 Å². The molecule has 0 saturated heterocycles. The molecule has 1 aromatic carbocycles. The van der Waals surface area contributed by atoms with E-state index in [9.17, 15) is 0 Å². The molecule has 0 aliphatic rings. The van der Waals surface area contributed by atoms with E-state index in [2.05, 4.69) is 27.6 Å². The van der Waals surface area contributed by atoms with Gasteiger partial charge in [-0.1, -0.05) is 30.3 Å². The van der Waals surface area contributed by atoms with Gasteiger partial charge in [0.15, 0.2) is 0 Å². The molecule has 0 bridgehead atoms. The van der Waals surface area contributed by atoms with E-state index in [1.165, 1.54) is 0 Å². The second kappa shape index (κ2) is 6.21. The van der Waals surface area contributed by atoms with Crippen molar-refractivity contribution in [3.8, 4) is 5.88 Å². The highest BCUT2D eigenvalue weighted by Crippen LogP contribution is 2.17. The summed E-state index contributed by atoms with van der Waals surface area (Å²) >= 11 is 8.00. The van der Waals surface area contributed by atoms with E-state index >= 15 is 0 Å². The SMILES string of the molecule is ClCc1cc(I)cc(OCc2ccccc2)n1. The largest absolute Gasteiger partial charge is 0.473 e. The summed E-state index contributed by atoms with van der Waals surface area (Å²) in [6, 6.07) is 13.9. The smallest absolute Gasteiger partial charge is 0.214 e. The van der Waals surface area contributed by atoms with E-state index in [0.717, 1.165) is 14.8 Å². The Hall–Kier alpha value is -0.810. The van der Waals surface area contributed by atoms with Crippen molar-refractivity contribution in [1.82, 2.24) is 4.98 Å². The molecule has 1 heterocycles. The van der Waals surface area contributed by atoms with Crippen LogP contribution in [0.2, 0.25) is 0 Å². The van der Waals surface area contributed by atoms with Crippen molar-refractivity contribution in [2.24, 2.45) is 0 Å². The lowest BCUT2D eigenvalue weighted by Crippen LogP contribution is -1.99. The molecule has 0 atom stereocenters. The first kappa shape index (κ1) is 12.6. The molecule has 0 unspecified atom stereocenters. The van der Waals surface area contributed by atoms with Crippen LogP contribution in [0, 0.1) is 3.57 Å². The molecule has 0 saturated carbocycles. The van der Waals surface area contributed by atoms with Crippen LogP contribution >= 0.6 is 34.2 Å². The van der Waals surface area contributed by atoms with Gasteiger partial charge in [-0.3, -0.25) is 0 Å². The summed E-state index contributed by atoms with van der Waals surface area (Å²) in [5.41, 5.74) is 1.96. The van der Waals surface area contributed by atoms with Crippen LogP contribution in [-0.2, 0) is 12.5 Å². The number of benzene rings is 1. The first-order chi connectivity index (χ1) is 8.28. The first-order valence-corrected chi connectivity index (χ1v) is 6.78. The molecule has 2 rings (SSSR count). The molecule has 17 heavy (non-hydrogen) atoms. The highest BCUT2D eigenvalue weighted by atomic mass is 127. The second-order valence-corrected chi connectivity index (χ2v) is 5.04. The maximum Gasteiger partial charge on any atom is 0.214 e. The Balaban J connectivity index is 2.06. The lowest BCUT2D eigenvalue weighted by atomic mass is 10.2. The third-order valence-electron chi connectivity index (χ3n) is 2.19. The normalized spacial score (nSPS) is 10.2. The third-order valence-corrected chi connectivity index (χ3v) is 3.08. The van der Waals surface area contributed by atoms with Crippen LogP contribution in [0.1, 0.15) is 11.3 Å². The van der Waals surface area contributed by atoms with Crippen LogP contribution in [0.15, 0.2) is 42.5 Å². The van der Waals surface area contributed by atoms with Crippen molar-refractivity contribution in [2.75, 3.05) is 0 Å². The fourth-order valence-electron chi connectivity index (χ4n) is 1.40. The Labute approximate surface area is 119 Å². The summed E-state index contributed by atoms with van der Waals surface area (Å²) in [5, 5.41) is 0. The fourth-order valence-corrected chi connectivity index (χ4v) is 2.16. The van der Waals surface area contributed by atoms with Crippen LogP contribution in [0.25, 0.3) is 0 Å². The molecule has 88 valence electrons. The van der Waals surface area contributed by atoms with Gasteiger partial charge in [0.25, 0.3) is 0 Å². The minimum atomic E-state index is 0.401. The number of hydrogen-bond acceptors (Lipinski definition) is 2. The number of hydrogen-bond donors (Lipinski definition) is 0. The monoisotopic (exact) mass is 359 g/mol. The van der Waals surface area contributed by atoms with Crippen LogP contribution in [-0.4, -0.2) is 4.98 Å². The molecule has 0 amide bonds. The van der Waals surface area contributed by atoms with Crippen molar-refractivity contribution in [3.63, 3.8) is 0 Å². The van der Waals surface area contributed by atoms with Crippen molar-refractivity contribution < 1.29 is 4.74 Å². The maximum absolute atomic E-state index is 5.77. The van der Waals surface area contributed by atoms with Gasteiger partial charge in [-0.25, -0.2) is 4.98 Å². The Morgan fingerprint density at radius 1 is 1.18 bits per heavy atom. The van der Waals surface area contributed by atoms with Gasteiger partial charge in [-0.05, 0) is 34.2 Å². The lowest BCUT2D eigenvalue weighted by Gasteiger charge is -2.07. The summed E-state index contributed by atoms with van der Waals surface area (Å²) < 4.78 is 6.72. The predicted octanol–water partition coefficient (Wildman–Crippen LogP) is 4.00. The van der Waals surface area contributed by atoms with Gasteiger partial charge < -0.3 is 4.74 Å². The molecule has 0 fully saturated rings. The molecule has 0 N–H and O–H groups in total. The molecule has 0 aliphatic heterocycles. The van der Waals surface area contributed by atoms with Crippen LogP contribution in [0.4, 0.5) is 0 Å². The third kappa shape index (κ3) is 3.85. The highest BCUT2D eigenvalue weighted by Gasteiger charge is 2.02. The zero-order valence-electron chi connectivity index (χ0n) is 9.07. The average Bonchev–Trinajstić information content (AvgIpc) is 2.37. The summed E-state index contributed by atoms with van der Waals surface area (Å²) in [5.74, 6) is 1.02. The van der Waals surface area contributed by atoms with Gasteiger partial charge in [0.2, 0.25) is 5.88 Å². The molecule has 1 aromatic heterocycles. The summed E-state index contributed by atoms with van der Waals surface area (Å²) in [6.45, 7) is 0.523. The summed E-state index contributed by atoms with van der Waals surface area (Å²) in [7, 11) is 0. The number of nitrogens with zero attached hydrogens (tertiary/aromatic N) is 1. The first-order valence-electron chi connectivity index (χ1n) is 5.17. The maximum atomic E-state index is 5.77.